The fourth-order valence-electron chi connectivity index (χ4n) is 4.73. The SMILES string of the molecule is COc1cc(C(=O)N2CCC3(CC2)NCCn2c(C(F)(F)F)ccc23)ccc1OC(C)C.[HH]. The lowest BCUT2D eigenvalue weighted by Gasteiger charge is -2.45. The molecule has 4 rings (SSSR count). The van der Waals surface area contributed by atoms with Gasteiger partial charge in [0.25, 0.3) is 5.91 Å². The number of nitrogens with zero attached hydrogens (tertiary/aromatic N) is 2. The Morgan fingerprint density at radius 2 is 1.84 bits per heavy atom. The first-order valence-electron chi connectivity index (χ1n) is 10.8. The molecule has 1 N–H and O–H groups in total. The van der Waals surface area contributed by atoms with E-state index in [1.165, 1.54) is 11.7 Å². The van der Waals surface area contributed by atoms with Crippen LogP contribution >= 0.6 is 0 Å². The molecule has 32 heavy (non-hydrogen) atoms. The van der Waals surface area contributed by atoms with Gasteiger partial charge < -0.3 is 24.3 Å². The summed E-state index contributed by atoms with van der Waals surface area (Å²) in [5.41, 5.74) is -0.0125. The molecule has 2 aliphatic rings. The Labute approximate surface area is 186 Å². The molecule has 0 saturated carbocycles. The van der Waals surface area contributed by atoms with E-state index in [1.54, 1.807) is 29.2 Å². The molecule has 1 saturated heterocycles. The third-order valence-corrected chi connectivity index (χ3v) is 6.24. The number of likely N-dealkylation sites (tertiary alicyclic amines) is 1. The van der Waals surface area contributed by atoms with Crippen LogP contribution in [0.1, 0.15) is 49.9 Å². The van der Waals surface area contributed by atoms with Gasteiger partial charge in [-0.2, -0.15) is 13.2 Å². The second-order valence-corrected chi connectivity index (χ2v) is 8.59. The second kappa shape index (κ2) is 8.35. The second-order valence-electron chi connectivity index (χ2n) is 8.59. The van der Waals surface area contributed by atoms with Crippen molar-refractivity contribution >= 4 is 5.91 Å². The van der Waals surface area contributed by atoms with E-state index >= 15 is 0 Å². The number of halogens is 3. The third-order valence-electron chi connectivity index (χ3n) is 6.24. The van der Waals surface area contributed by atoms with Crippen molar-refractivity contribution < 1.29 is 28.9 Å². The molecule has 1 fully saturated rings. The van der Waals surface area contributed by atoms with Crippen molar-refractivity contribution in [3.05, 3.63) is 47.3 Å². The highest BCUT2D eigenvalue weighted by atomic mass is 19.4. The summed E-state index contributed by atoms with van der Waals surface area (Å²) in [5.74, 6) is 0.935. The smallest absolute Gasteiger partial charge is 0.431 e. The number of hydrogen-bond donors (Lipinski definition) is 1. The van der Waals surface area contributed by atoms with Crippen LogP contribution in [0.4, 0.5) is 13.2 Å². The molecule has 2 aromatic rings. The molecule has 1 amide bonds. The van der Waals surface area contributed by atoms with Gasteiger partial charge in [0.2, 0.25) is 0 Å². The lowest BCUT2D eigenvalue weighted by atomic mass is 9.83. The van der Waals surface area contributed by atoms with Crippen molar-refractivity contribution in [1.29, 1.82) is 0 Å². The molecule has 0 atom stereocenters. The molecule has 1 spiro atoms. The van der Waals surface area contributed by atoms with E-state index in [4.69, 9.17) is 9.47 Å². The van der Waals surface area contributed by atoms with Crippen molar-refractivity contribution in [3.8, 4) is 11.5 Å². The summed E-state index contributed by atoms with van der Waals surface area (Å²) in [5, 5.41) is 3.44. The minimum Gasteiger partial charge on any atom is -0.493 e. The molecule has 2 aliphatic heterocycles. The number of nitrogens with one attached hydrogen (secondary N) is 1. The summed E-state index contributed by atoms with van der Waals surface area (Å²) in [6.45, 7) is 5.47. The molecule has 3 heterocycles. The highest BCUT2D eigenvalue weighted by molar-refractivity contribution is 5.95. The highest BCUT2D eigenvalue weighted by Crippen LogP contribution is 2.40. The number of ether oxygens (including phenoxy) is 2. The molecule has 6 nitrogen and oxygen atoms in total. The average Bonchev–Trinajstić information content (AvgIpc) is 3.20. The zero-order chi connectivity index (χ0) is 23.1. The fraction of sp³-hybridized carbons (Fsp3) is 0.522. The number of methoxy groups -OCH3 is 1. The number of alkyl halides is 3. The minimum absolute atomic E-state index is 0. The molecule has 1 aromatic heterocycles. The Morgan fingerprint density at radius 3 is 2.47 bits per heavy atom. The van der Waals surface area contributed by atoms with E-state index in [9.17, 15) is 18.0 Å². The molecule has 0 aliphatic carbocycles. The molecule has 9 heteroatoms. The Morgan fingerprint density at radius 1 is 1.12 bits per heavy atom. The van der Waals surface area contributed by atoms with E-state index in [0.29, 0.717) is 55.2 Å². The summed E-state index contributed by atoms with van der Waals surface area (Å²) in [6, 6.07) is 7.85. The number of carbonyl (C=O) groups excluding carboxylic acids is 1. The van der Waals surface area contributed by atoms with Gasteiger partial charge in [-0.25, -0.2) is 0 Å². The number of benzene rings is 1. The van der Waals surface area contributed by atoms with Crippen LogP contribution in [0, 0.1) is 0 Å². The van der Waals surface area contributed by atoms with Crippen LogP contribution in [0.15, 0.2) is 30.3 Å². The molecule has 1 aromatic carbocycles. The topological polar surface area (TPSA) is 55.7 Å². The molecule has 0 bridgehead atoms. The number of amides is 1. The average molecular weight is 454 g/mol. The normalized spacial score (nSPS) is 18.0. The van der Waals surface area contributed by atoms with Gasteiger partial charge in [-0.05, 0) is 57.0 Å². The maximum absolute atomic E-state index is 13.4. The zero-order valence-corrected chi connectivity index (χ0v) is 18.5. The molecular formula is C23H30F3N3O3. The van der Waals surface area contributed by atoms with Crippen molar-refractivity contribution in [3.63, 3.8) is 0 Å². The van der Waals surface area contributed by atoms with Gasteiger partial charge in [0.1, 0.15) is 5.69 Å². The predicted octanol–water partition coefficient (Wildman–Crippen LogP) is 4.28. The molecular weight excluding hydrogens is 423 g/mol. The Bertz CT molecular complexity index is 999. The van der Waals surface area contributed by atoms with Crippen LogP contribution < -0.4 is 14.8 Å². The third kappa shape index (κ3) is 4.05. The van der Waals surface area contributed by atoms with Gasteiger partial charge in [-0.1, -0.05) is 0 Å². The van der Waals surface area contributed by atoms with Crippen molar-refractivity contribution in [2.75, 3.05) is 26.7 Å². The fourth-order valence-corrected chi connectivity index (χ4v) is 4.73. The summed E-state index contributed by atoms with van der Waals surface area (Å²) < 4.78 is 52.6. The maximum atomic E-state index is 13.4. The van der Waals surface area contributed by atoms with Crippen LogP contribution in [0.2, 0.25) is 0 Å². The van der Waals surface area contributed by atoms with Gasteiger partial charge in [-0.3, -0.25) is 4.79 Å². The predicted molar refractivity (Wildman–Crippen MR) is 115 cm³/mol. The summed E-state index contributed by atoms with van der Waals surface area (Å²) >= 11 is 0. The quantitative estimate of drug-likeness (QED) is 0.751. The van der Waals surface area contributed by atoms with Gasteiger partial charge in [0, 0.05) is 38.9 Å². The Kier molecular flexibility index (Phi) is 5.87. The summed E-state index contributed by atoms with van der Waals surface area (Å²) in [4.78, 5) is 14.9. The number of fused-ring (bicyclic) bond motifs is 2. The number of carbonyl (C=O) groups is 1. The first-order chi connectivity index (χ1) is 15.1. The summed E-state index contributed by atoms with van der Waals surface area (Å²) in [7, 11) is 1.53. The van der Waals surface area contributed by atoms with Crippen LogP contribution in [-0.2, 0) is 18.3 Å². The van der Waals surface area contributed by atoms with Crippen LogP contribution in [0.25, 0.3) is 0 Å². The van der Waals surface area contributed by atoms with E-state index in [-0.39, 0.29) is 20.0 Å². The highest BCUT2D eigenvalue weighted by Gasteiger charge is 2.44. The number of hydrogen-bond acceptors (Lipinski definition) is 4. The lowest BCUT2D eigenvalue weighted by molar-refractivity contribution is -0.144. The first-order valence-corrected chi connectivity index (χ1v) is 10.8. The van der Waals surface area contributed by atoms with Gasteiger partial charge in [0.05, 0.1) is 18.8 Å². The zero-order valence-electron chi connectivity index (χ0n) is 18.5. The van der Waals surface area contributed by atoms with E-state index in [0.717, 1.165) is 6.07 Å². The van der Waals surface area contributed by atoms with Gasteiger partial charge >= 0.3 is 6.18 Å². The lowest BCUT2D eigenvalue weighted by Crippen LogP contribution is -2.56. The van der Waals surface area contributed by atoms with E-state index in [1.807, 2.05) is 13.8 Å². The van der Waals surface area contributed by atoms with E-state index in [2.05, 4.69) is 5.32 Å². The van der Waals surface area contributed by atoms with Crippen LogP contribution in [0.5, 0.6) is 11.5 Å². The van der Waals surface area contributed by atoms with Gasteiger partial charge in [-0.15, -0.1) is 0 Å². The van der Waals surface area contributed by atoms with Crippen molar-refractivity contribution in [1.82, 2.24) is 14.8 Å². The van der Waals surface area contributed by atoms with Crippen LogP contribution in [-0.4, -0.2) is 48.2 Å². The maximum Gasteiger partial charge on any atom is 0.431 e. The van der Waals surface area contributed by atoms with Crippen LogP contribution in [0.3, 0.4) is 0 Å². The molecule has 176 valence electrons. The van der Waals surface area contributed by atoms with Gasteiger partial charge in [0.15, 0.2) is 11.5 Å². The largest absolute Gasteiger partial charge is 0.493 e. The van der Waals surface area contributed by atoms with Crippen molar-refractivity contribution in [2.45, 2.75) is 51.1 Å². The standard InChI is InChI=1S/C23H28F3N3O3.H2/c1-15(2)32-17-5-4-16(14-18(17)31-3)21(30)28-11-8-22(9-12-28)19-6-7-20(23(24,25)26)29(19)13-10-27-22;/h4-7,14-15,27H,8-13H2,1-3H3;1H. The first kappa shape index (κ1) is 22.5. The van der Waals surface area contributed by atoms with E-state index < -0.39 is 17.4 Å². The number of aromatic nitrogens is 1. The van der Waals surface area contributed by atoms with Crippen molar-refractivity contribution in [2.24, 2.45) is 0 Å². The monoisotopic (exact) mass is 453 g/mol. The number of piperidine rings is 1. The Balaban J connectivity index is 0.00000306. The minimum atomic E-state index is -4.38. The molecule has 0 unspecified atom stereocenters. The molecule has 0 radical (unpaired) electrons. The Hall–Kier alpha value is -2.68. The number of rotatable bonds is 4. The summed E-state index contributed by atoms with van der Waals surface area (Å²) in [6.07, 6.45) is -3.31.